The first-order chi connectivity index (χ1) is 12.2. The van der Waals surface area contributed by atoms with Gasteiger partial charge in [-0.05, 0) is 37.1 Å². The second kappa shape index (κ2) is 7.01. The lowest BCUT2D eigenvalue weighted by Gasteiger charge is -2.26. The Morgan fingerprint density at radius 3 is 3.04 bits per heavy atom. The van der Waals surface area contributed by atoms with E-state index in [9.17, 15) is 4.79 Å². The summed E-state index contributed by atoms with van der Waals surface area (Å²) in [7, 11) is 0. The summed E-state index contributed by atoms with van der Waals surface area (Å²) in [6.07, 6.45) is 2.30. The molecule has 1 aromatic heterocycles. The van der Waals surface area contributed by atoms with Crippen LogP contribution in [0.3, 0.4) is 0 Å². The van der Waals surface area contributed by atoms with E-state index in [2.05, 4.69) is 27.3 Å². The Morgan fingerprint density at radius 1 is 1.36 bits per heavy atom. The fourth-order valence-corrected chi connectivity index (χ4v) is 4.20. The molecule has 0 radical (unpaired) electrons. The van der Waals surface area contributed by atoms with Crippen molar-refractivity contribution in [2.24, 2.45) is 0 Å². The first-order valence-electron chi connectivity index (χ1n) is 8.54. The highest BCUT2D eigenvalue weighted by molar-refractivity contribution is 7.13. The fourth-order valence-electron chi connectivity index (χ4n) is 3.46. The molecule has 1 amide bonds. The van der Waals surface area contributed by atoms with Crippen LogP contribution >= 0.6 is 11.3 Å². The van der Waals surface area contributed by atoms with Gasteiger partial charge in [-0.25, -0.2) is 4.98 Å². The lowest BCUT2D eigenvalue weighted by atomic mass is 10.0. The van der Waals surface area contributed by atoms with Crippen LogP contribution in [0.15, 0.2) is 23.6 Å². The normalized spacial score (nSPS) is 19.8. The summed E-state index contributed by atoms with van der Waals surface area (Å²) >= 11 is 1.47. The number of nitrogens with zero attached hydrogens (tertiary/aromatic N) is 2. The predicted octanol–water partition coefficient (Wildman–Crippen LogP) is 3.21. The largest absolute Gasteiger partial charge is 0.486 e. The van der Waals surface area contributed by atoms with Gasteiger partial charge in [0.05, 0.1) is 5.69 Å². The molecule has 1 unspecified atom stereocenters. The molecule has 1 saturated heterocycles. The zero-order valence-corrected chi connectivity index (χ0v) is 15.0. The van der Waals surface area contributed by atoms with Gasteiger partial charge in [-0.15, -0.1) is 11.3 Å². The van der Waals surface area contributed by atoms with Crippen LogP contribution in [0.25, 0.3) is 0 Å². The predicted molar refractivity (Wildman–Crippen MR) is 96.2 cm³/mol. The lowest BCUT2D eigenvalue weighted by Crippen LogP contribution is -2.23. The molecule has 6 nitrogen and oxygen atoms in total. The maximum Gasteiger partial charge on any atom is 0.223 e. The molecule has 1 fully saturated rings. The van der Waals surface area contributed by atoms with Crippen LogP contribution in [-0.2, 0) is 11.3 Å². The Labute approximate surface area is 150 Å². The van der Waals surface area contributed by atoms with E-state index >= 15 is 0 Å². The maximum absolute atomic E-state index is 11.1. The zero-order valence-electron chi connectivity index (χ0n) is 14.2. The van der Waals surface area contributed by atoms with Crippen molar-refractivity contribution in [2.45, 2.75) is 32.4 Å². The van der Waals surface area contributed by atoms with Crippen molar-refractivity contribution < 1.29 is 14.3 Å². The van der Waals surface area contributed by atoms with Crippen molar-refractivity contribution >= 4 is 22.4 Å². The topological polar surface area (TPSA) is 63.7 Å². The summed E-state index contributed by atoms with van der Waals surface area (Å²) in [5.74, 6) is 1.59. The molecule has 0 saturated carbocycles. The number of carbonyl (C=O) groups excluding carboxylic acids is 1. The summed E-state index contributed by atoms with van der Waals surface area (Å²) in [5, 5.41) is 5.43. The molecular formula is C18H21N3O3S. The minimum atomic E-state index is -0.0868. The Balaban J connectivity index is 1.49. The molecule has 25 heavy (non-hydrogen) atoms. The second-order valence-electron chi connectivity index (χ2n) is 6.36. The number of nitrogens with one attached hydrogen (secondary N) is 1. The number of benzene rings is 1. The van der Waals surface area contributed by atoms with Gasteiger partial charge in [-0.3, -0.25) is 9.69 Å². The maximum atomic E-state index is 11.1. The molecule has 1 atom stereocenters. The average molecular weight is 359 g/mol. The molecule has 4 rings (SSSR count). The summed E-state index contributed by atoms with van der Waals surface area (Å²) < 4.78 is 11.3. The van der Waals surface area contributed by atoms with Crippen LogP contribution in [0.1, 0.15) is 37.1 Å². The number of hydrogen-bond acceptors (Lipinski definition) is 6. The van der Waals surface area contributed by atoms with Crippen LogP contribution in [0, 0.1) is 0 Å². The third-order valence-electron chi connectivity index (χ3n) is 4.51. The van der Waals surface area contributed by atoms with Crippen molar-refractivity contribution in [1.29, 1.82) is 0 Å². The minimum absolute atomic E-state index is 0.0868. The van der Waals surface area contributed by atoms with E-state index < -0.39 is 0 Å². The SMILES string of the molecule is CC(=O)Nc1nc(CN2CCCC2c2ccc3c(c2)OCCO3)cs1. The molecule has 7 heteroatoms. The molecule has 132 valence electrons. The number of carbonyl (C=O) groups is 1. The molecular weight excluding hydrogens is 338 g/mol. The van der Waals surface area contributed by atoms with Crippen LogP contribution in [-0.4, -0.2) is 35.5 Å². The lowest BCUT2D eigenvalue weighted by molar-refractivity contribution is -0.114. The van der Waals surface area contributed by atoms with Crippen molar-refractivity contribution in [3.8, 4) is 11.5 Å². The molecule has 2 aliphatic heterocycles. The van der Waals surface area contributed by atoms with E-state index in [1.807, 2.05) is 11.4 Å². The number of ether oxygens (including phenoxy) is 2. The summed E-state index contributed by atoms with van der Waals surface area (Å²) in [6, 6.07) is 6.63. The highest BCUT2D eigenvalue weighted by atomic mass is 32.1. The van der Waals surface area contributed by atoms with Gasteiger partial charge in [-0.2, -0.15) is 0 Å². The van der Waals surface area contributed by atoms with Crippen molar-refractivity contribution in [1.82, 2.24) is 9.88 Å². The average Bonchev–Trinajstić information content (AvgIpc) is 3.24. The Morgan fingerprint density at radius 2 is 2.20 bits per heavy atom. The Kier molecular flexibility index (Phi) is 4.59. The van der Waals surface area contributed by atoms with Gasteiger partial charge in [0.1, 0.15) is 13.2 Å². The molecule has 1 N–H and O–H groups in total. The minimum Gasteiger partial charge on any atom is -0.486 e. The number of amides is 1. The van der Waals surface area contributed by atoms with Gasteiger partial charge >= 0.3 is 0 Å². The number of likely N-dealkylation sites (tertiary alicyclic amines) is 1. The summed E-state index contributed by atoms with van der Waals surface area (Å²) in [5.41, 5.74) is 2.26. The van der Waals surface area contributed by atoms with Crippen molar-refractivity contribution in [2.75, 3.05) is 25.1 Å². The third-order valence-corrected chi connectivity index (χ3v) is 5.32. The Bertz CT molecular complexity index is 777. The number of aromatic nitrogens is 1. The van der Waals surface area contributed by atoms with E-state index in [4.69, 9.17) is 9.47 Å². The van der Waals surface area contributed by atoms with E-state index in [1.54, 1.807) is 0 Å². The highest BCUT2D eigenvalue weighted by Crippen LogP contribution is 2.38. The summed E-state index contributed by atoms with van der Waals surface area (Å²) in [6.45, 7) is 4.55. The number of anilines is 1. The quantitative estimate of drug-likeness (QED) is 0.908. The van der Waals surface area contributed by atoms with E-state index in [0.717, 1.165) is 36.7 Å². The number of thiazole rings is 1. The first kappa shape index (κ1) is 16.4. The van der Waals surface area contributed by atoms with Crippen molar-refractivity contribution in [3.63, 3.8) is 0 Å². The van der Waals surface area contributed by atoms with E-state index in [-0.39, 0.29) is 5.91 Å². The smallest absolute Gasteiger partial charge is 0.223 e. The highest BCUT2D eigenvalue weighted by Gasteiger charge is 2.28. The van der Waals surface area contributed by atoms with Gasteiger partial charge in [-0.1, -0.05) is 6.07 Å². The van der Waals surface area contributed by atoms with Crippen LogP contribution in [0.2, 0.25) is 0 Å². The van der Waals surface area contributed by atoms with Gasteiger partial charge in [0, 0.05) is 24.9 Å². The van der Waals surface area contributed by atoms with Gasteiger partial charge < -0.3 is 14.8 Å². The molecule has 2 aliphatic rings. The second-order valence-corrected chi connectivity index (χ2v) is 7.21. The fraction of sp³-hybridized carbons (Fsp3) is 0.444. The Hall–Kier alpha value is -2.12. The van der Waals surface area contributed by atoms with Gasteiger partial charge in [0.25, 0.3) is 0 Å². The number of fused-ring (bicyclic) bond motifs is 1. The van der Waals surface area contributed by atoms with Gasteiger partial charge in [0.2, 0.25) is 5.91 Å². The monoisotopic (exact) mass is 359 g/mol. The molecule has 0 spiro atoms. The van der Waals surface area contributed by atoms with Crippen LogP contribution in [0.5, 0.6) is 11.5 Å². The number of hydrogen-bond donors (Lipinski definition) is 1. The van der Waals surface area contributed by atoms with Crippen LogP contribution in [0.4, 0.5) is 5.13 Å². The zero-order chi connectivity index (χ0) is 17.2. The van der Waals surface area contributed by atoms with Gasteiger partial charge in [0.15, 0.2) is 16.6 Å². The molecule has 2 aromatic rings. The van der Waals surface area contributed by atoms with Crippen LogP contribution < -0.4 is 14.8 Å². The van der Waals surface area contributed by atoms with E-state index in [0.29, 0.717) is 24.4 Å². The summed E-state index contributed by atoms with van der Waals surface area (Å²) in [4.78, 5) is 18.1. The third kappa shape index (κ3) is 3.62. The van der Waals surface area contributed by atoms with E-state index in [1.165, 1.54) is 30.2 Å². The molecule has 0 aliphatic carbocycles. The molecule has 0 bridgehead atoms. The first-order valence-corrected chi connectivity index (χ1v) is 9.42. The molecule has 1 aromatic carbocycles. The standard InChI is InChI=1S/C18H21N3O3S/c1-12(22)19-18-20-14(11-25-18)10-21-6-2-3-15(21)13-4-5-16-17(9-13)24-8-7-23-16/h4-5,9,11,15H,2-3,6-8,10H2,1H3,(H,19,20,22). The van der Waals surface area contributed by atoms with Crippen molar-refractivity contribution in [3.05, 3.63) is 34.8 Å². The number of rotatable bonds is 4. The molecule has 3 heterocycles.